The Hall–Kier alpha value is -1.40. The maximum Gasteiger partial charge on any atom is 0.243 e. The Bertz CT molecular complexity index is 762. The molecule has 0 spiro atoms. The van der Waals surface area contributed by atoms with Gasteiger partial charge in [-0.3, -0.25) is 4.79 Å². The smallest absolute Gasteiger partial charge is 0.243 e. The Balaban J connectivity index is 1.74. The van der Waals surface area contributed by atoms with Crippen LogP contribution >= 0.6 is 0 Å². The fourth-order valence-electron chi connectivity index (χ4n) is 3.67. The highest BCUT2D eigenvalue weighted by atomic mass is 32.2. The summed E-state index contributed by atoms with van der Waals surface area (Å²) in [5.74, 6) is 0.318. The molecule has 1 aromatic carbocycles. The number of aryl methyl sites for hydroxylation is 1. The van der Waals surface area contributed by atoms with E-state index in [1.54, 1.807) is 15.3 Å². The van der Waals surface area contributed by atoms with Crippen LogP contribution in [0.5, 0.6) is 0 Å². The van der Waals surface area contributed by atoms with E-state index in [0.29, 0.717) is 24.5 Å². The fourth-order valence-corrected chi connectivity index (χ4v) is 5.41. The molecule has 1 amide bonds. The number of hydrogen-bond acceptors (Lipinski definition) is 3. The molecule has 2 heterocycles. The third-order valence-electron chi connectivity index (χ3n) is 5.15. The summed E-state index contributed by atoms with van der Waals surface area (Å²) in [7, 11) is -3.45. The molecule has 4 rings (SSSR count). The number of anilines is 1. The molecular formula is C17H22N2O3S. The lowest BCUT2D eigenvalue weighted by Crippen LogP contribution is -2.31. The van der Waals surface area contributed by atoms with Gasteiger partial charge in [0.05, 0.1) is 4.90 Å². The minimum atomic E-state index is -3.45. The van der Waals surface area contributed by atoms with Crippen molar-refractivity contribution in [3.05, 3.63) is 23.3 Å². The first kappa shape index (κ1) is 15.1. The van der Waals surface area contributed by atoms with E-state index < -0.39 is 10.0 Å². The predicted octanol–water partition coefficient (Wildman–Crippen LogP) is 2.08. The van der Waals surface area contributed by atoms with Crippen LogP contribution in [0.4, 0.5) is 5.69 Å². The topological polar surface area (TPSA) is 57.7 Å². The van der Waals surface area contributed by atoms with Gasteiger partial charge < -0.3 is 4.90 Å². The van der Waals surface area contributed by atoms with Crippen molar-refractivity contribution in [1.29, 1.82) is 0 Å². The van der Waals surface area contributed by atoms with Gasteiger partial charge in [0.2, 0.25) is 15.9 Å². The summed E-state index contributed by atoms with van der Waals surface area (Å²) in [6.45, 7) is 3.74. The molecule has 5 nitrogen and oxygen atoms in total. The summed E-state index contributed by atoms with van der Waals surface area (Å²) < 4.78 is 27.4. The second kappa shape index (κ2) is 5.31. The third-order valence-corrected chi connectivity index (χ3v) is 7.19. The number of benzene rings is 1. The number of carbonyl (C=O) groups is 1. The van der Waals surface area contributed by atoms with E-state index in [4.69, 9.17) is 0 Å². The summed E-state index contributed by atoms with van der Waals surface area (Å²) in [4.78, 5) is 14.6. The second-order valence-corrected chi connectivity index (χ2v) is 8.78. The Morgan fingerprint density at radius 2 is 1.83 bits per heavy atom. The van der Waals surface area contributed by atoms with E-state index >= 15 is 0 Å². The number of nitrogens with zero attached hydrogens (tertiary/aromatic N) is 2. The number of rotatable bonds is 3. The molecule has 124 valence electrons. The van der Waals surface area contributed by atoms with E-state index in [1.165, 1.54) is 0 Å². The lowest BCUT2D eigenvalue weighted by atomic mass is 10.1. The van der Waals surface area contributed by atoms with Gasteiger partial charge in [-0.2, -0.15) is 4.31 Å². The Labute approximate surface area is 137 Å². The van der Waals surface area contributed by atoms with E-state index in [0.717, 1.165) is 48.9 Å². The quantitative estimate of drug-likeness (QED) is 0.850. The second-order valence-electron chi connectivity index (χ2n) is 6.87. The van der Waals surface area contributed by atoms with Gasteiger partial charge in [0, 0.05) is 31.2 Å². The summed E-state index contributed by atoms with van der Waals surface area (Å²) in [5.41, 5.74) is 2.69. The van der Waals surface area contributed by atoms with E-state index in [2.05, 4.69) is 0 Å². The average molecular weight is 334 g/mol. The summed E-state index contributed by atoms with van der Waals surface area (Å²) in [6, 6.07) is 3.70. The normalized spacial score (nSPS) is 21.7. The maximum absolute atomic E-state index is 12.9. The average Bonchev–Trinajstić information content (AvgIpc) is 3.06. The minimum absolute atomic E-state index is 0.154. The highest BCUT2D eigenvalue weighted by Gasteiger charge is 2.38. The van der Waals surface area contributed by atoms with Gasteiger partial charge in [0.25, 0.3) is 0 Å². The molecule has 0 N–H and O–H groups in total. The van der Waals surface area contributed by atoms with Gasteiger partial charge in [0.1, 0.15) is 0 Å². The van der Waals surface area contributed by atoms with Crippen molar-refractivity contribution < 1.29 is 13.2 Å². The van der Waals surface area contributed by atoms with Crippen LogP contribution in [0.2, 0.25) is 0 Å². The van der Waals surface area contributed by atoms with E-state index in [1.807, 2.05) is 13.0 Å². The van der Waals surface area contributed by atoms with Gasteiger partial charge >= 0.3 is 0 Å². The standard InChI is InChI=1S/C17H22N2O3S/c1-12-10-14-6-9-19(17(20)13-4-5-13)15(14)11-16(12)23(21,22)18-7-2-3-8-18/h10-11,13H,2-9H2,1H3. The lowest BCUT2D eigenvalue weighted by Gasteiger charge is -2.21. The van der Waals surface area contributed by atoms with E-state index in [-0.39, 0.29) is 11.8 Å². The monoisotopic (exact) mass is 334 g/mol. The van der Waals surface area contributed by atoms with Crippen LogP contribution in [0.1, 0.15) is 36.8 Å². The largest absolute Gasteiger partial charge is 0.312 e. The molecule has 1 saturated carbocycles. The number of carbonyl (C=O) groups excluding carboxylic acids is 1. The molecule has 0 aromatic heterocycles. The van der Waals surface area contributed by atoms with Gasteiger partial charge in [0.15, 0.2) is 0 Å². The first-order valence-corrected chi connectivity index (χ1v) is 9.87. The molecule has 1 saturated heterocycles. The molecule has 2 fully saturated rings. The van der Waals surface area contributed by atoms with Crippen LogP contribution in [0.25, 0.3) is 0 Å². The Morgan fingerprint density at radius 3 is 2.48 bits per heavy atom. The highest BCUT2D eigenvalue weighted by Crippen LogP contribution is 2.39. The number of sulfonamides is 1. The van der Waals surface area contributed by atoms with Crippen molar-refractivity contribution in [2.75, 3.05) is 24.5 Å². The molecular weight excluding hydrogens is 312 g/mol. The van der Waals surface area contributed by atoms with Gasteiger partial charge in [-0.25, -0.2) is 8.42 Å². The zero-order chi connectivity index (χ0) is 16.2. The summed E-state index contributed by atoms with van der Waals surface area (Å²) in [5, 5.41) is 0. The van der Waals surface area contributed by atoms with Crippen molar-refractivity contribution in [3.63, 3.8) is 0 Å². The highest BCUT2D eigenvalue weighted by molar-refractivity contribution is 7.89. The molecule has 3 aliphatic rings. The molecule has 1 aliphatic carbocycles. The number of hydrogen-bond donors (Lipinski definition) is 0. The van der Waals surface area contributed by atoms with Gasteiger partial charge in [-0.15, -0.1) is 0 Å². The summed E-state index contributed by atoms with van der Waals surface area (Å²) >= 11 is 0. The van der Waals surface area contributed by atoms with Crippen molar-refractivity contribution in [2.45, 2.75) is 43.9 Å². The SMILES string of the molecule is Cc1cc2c(cc1S(=O)(=O)N1CCCC1)N(C(=O)C1CC1)CC2. The number of amides is 1. The van der Waals surface area contributed by atoms with Crippen LogP contribution in [0.15, 0.2) is 17.0 Å². The number of fused-ring (bicyclic) bond motifs is 1. The van der Waals surface area contributed by atoms with Gasteiger partial charge in [-0.1, -0.05) is 6.07 Å². The van der Waals surface area contributed by atoms with Crippen molar-refractivity contribution in [1.82, 2.24) is 4.31 Å². The van der Waals surface area contributed by atoms with E-state index in [9.17, 15) is 13.2 Å². The Kier molecular flexibility index (Phi) is 3.50. The predicted molar refractivity (Wildman–Crippen MR) is 88.0 cm³/mol. The first-order valence-electron chi connectivity index (χ1n) is 8.43. The van der Waals surface area contributed by atoms with Crippen LogP contribution in [0, 0.1) is 12.8 Å². The van der Waals surface area contributed by atoms with Crippen LogP contribution < -0.4 is 4.90 Å². The van der Waals surface area contributed by atoms with Crippen molar-refractivity contribution in [2.24, 2.45) is 5.92 Å². The van der Waals surface area contributed by atoms with Crippen LogP contribution in [-0.4, -0.2) is 38.3 Å². The first-order chi connectivity index (χ1) is 11.0. The molecule has 6 heteroatoms. The molecule has 0 atom stereocenters. The summed E-state index contributed by atoms with van der Waals surface area (Å²) in [6.07, 6.45) is 4.61. The van der Waals surface area contributed by atoms with Gasteiger partial charge in [-0.05, 0) is 56.2 Å². The lowest BCUT2D eigenvalue weighted by molar-refractivity contribution is -0.119. The molecule has 23 heavy (non-hydrogen) atoms. The molecule has 1 aromatic rings. The zero-order valence-corrected chi connectivity index (χ0v) is 14.2. The molecule has 0 unspecified atom stereocenters. The van der Waals surface area contributed by atoms with Crippen LogP contribution in [-0.2, 0) is 21.2 Å². The van der Waals surface area contributed by atoms with Crippen molar-refractivity contribution >= 4 is 21.6 Å². The molecule has 0 radical (unpaired) electrons. The Morgan fingerprint density at radius 1 is 1.13 bits per heavy atom. The van der Waals surface area contributed by atoms with Crippen molar-refractivity contribution in [3.8, 4) is 0 Å². The minimum Gasteiger partial charge on any atom is -0.312 e. The fraction of sp³-hybridized carbons (Fsp3) is 0.588. The zero-order valence-electron chi connectivity index (χ0n) is 13.4. The molecule has 2 aliphatic heterocycles. The molecule has 0 bridgehead atoms. The third kappa shape index (κ3) is 2.48. The van der Waals surface area contributed by atoms with Crippen LogP contribution in [0.3, 0.4) is 0 Å². The maximum atomic E-state index is 12.9.